The van der Waals surface area contributed by atoms with Crippen LogP contribution in [0.1, 0.15) is 41.7 Å². The molecule has 2 aliphatic heterocycles. The maximum Gasteiger partial charge on any atom is 0.231 e. The van der Waals surface area contributed by atoms with Gasteiger partial charge in [-0.2, -0.15) is 0 Å². The number of ether oxygens (including phenoxy) is 2. The molecule has 30 heavy (non-hydrogen) atoms. The van der Waals surface area contributed by atoms with Gasteiger partial charge in [-0.25, -0.2) is 0 Å². The quantitative estimate of drug-likeness (QED) is 0.638. The third-order valence-electron chi connectivity index (χ3n) is 5.94. The lowest BCUT2D eigenvalue weighted by molar-refractivity contribution is 0.174. The molecular formula is C23H24N4O2S. The molecule has 1 fully saturated rings. The highest BCUT2D eigenvalue weighted by Gasteiger charge is 2.40. The zero-order chi connectivity index (χ0) is 20.8. The highest BCUT2D eigenvalue weighted by molar-refractivity contribution is 7.80. The van der Waals surface area contributed by atoms with Gasteiger partial charge in [-0.05, 0) is 68.9 Å². The number of rotatable bonds is 4. The van der Waals surface area contributed by atoms with Crippen molar-refractivity contribution in [1.29, 1.82) is 0 Å². The van der Waals surface area contributed by atoms with Crippen LogP contribution < -0.4 is 14.8 Å². The van der Waals surface area contributed by atoms with Crippen LogP contribution in [0.2, 0.25) is 0 Å². The van der Waals surface area contributed by atoms with Crippen molar-refractivity contribution in [1.82, 2.24) is 19.8 Å². The molecule has 0 aliphatic carbocycles. The first-order valence-electron chi connectivity index (χ1n) is 10.2. The Morgan fingerprint density at radius 1 is 1.13 bits per heavy atom. The van der Waals surface area contributed by atoms with Crippen molar-refractivity contribution >= 4 is 17.3 Å². The first kappa shape index (κ1) is 18.9. The number of likely N-dealkylation sites (N-methyl/N-ethyl adjacent to an activating group) is 1. The van der Waals surface area contributed by atoms with E-state index in [1.165, 1.54) is 11.3 Å². The van der Waals surface area contributed by atoms with Gasteiger partial charge in [0.05, 0.1) is 17.8 Å². The van der Waals surface area contributed by atoms with Crippen molar-refractivity contribution in [2.45, 2.75) is 32.9 Å². The molecule has 1 aromatic carbocycles. The van der Waals surface area contributed by atoms with E-state index in [1.54, 1.807) is 0 Å². The Labute approximate surface area is 181 Å². The molecule has 0 bridgehead atoms. The standard InChI is InChI=1S/C23H24N4O2S/c1-4-26-22(21(25-23(26)30)18-7-5-6-10-24-18)17-11-14(2)27(15(17)3)16-8-9-19-20(12-16)29-13-28-19/h5-12,21-22H,4,13H2,1-3H3,(H,25,30)/t21-,22-/m1/s1. The molecular weight excluding hydrogens is 396 g/mol. The number of hydrogen-bond donors (Lipinski definition) is 1. The van der Waals surface area contributed by atoms with Crippen LogP contribution in [0, 0.1) is 13.8 Å². The third kappa shape index (κ3) is 2.92. The second-order valence-electron chi connectivity index (χ2n) is 7.61. The van der Waals surface area contributed by atoms with Crippen molar-refractivity contribution in [2.75, 3.05) is 13.3 Å². The number of aryl methyl sites for hydroxylation is 1. The lowest BCUT2D eigenvalue weighted by Gasteiger charge is -2.27. The normalized spacial score (nSPS) is 20.0. The average Bonchev–Trinajstić information content (AvgIpc) is 3.43. The van der Waals surface area contributed by atoms with Crippen molar-refractivity contribution < 1.29 is 9.47 Å². The largest absolute Gasteiger partial charge is 0.454 e. The Kier molecular flexibility index (Phi) is 4.62. The van der Waals surface area contributed by atoms with E-state index >= 15 is 0 Å². The summed E-state index contributed by atoms with van der Waals surface area (Å²) in [5, 5.41) is 4.27. The minimum absolute atomic E-state index is 0.00403. The van der Waals surface area contributed by atoms with Crippen LogP contribution in [0.3, 0.4) is 0 Å². The van der Waals surface area contributed by atoms with Gasteiger partial charge in [-0.3, -0.25) is 4.98 Å². The monoisotopic (exact) mass is 420 g/mol. The predicted molar refractivity (Wildman–Crippen MR) is 119 cm³/mol. The van der Waals surface area contributed by atoms with E-state index in [1.807, 2.05) is 30.5 Å². The molecule has 7 heteroatoms. The molecule has 154 valence electrons. The van der Waals surface area contributed by atoms with Crippen molar-refractivity contribution in [2.24, 2.45) is 0 Å². The Morgan fingerprint density at radius 2 is 1.97 bits per heavy atom. The summed E-state index contributed by atoms with van der Waals surface area (Å²) >= 11 is 5.67. The van der Waals surface area contributed by atoms with Crippen LogP contribution in [0.5, 0.6) is 11.5 Å². The molecule has 2 aliphatic rings. The van der Waals surface area contributed by atoms with Gasteiger partial charge in [0.25, 0.3) is 0 Å². The van der Waals surface area contributed by atoms with Gasteiger partial charge < -0.3 is 24.3 Å². The molecule has 1 saturated heterocycles. The minimum atomic E-state index is 0.00403. The molecule has 5 rings (SSSR count). The average molecular weight is 421 g/mol. The number of pyridine rings is 1. The summed E-state index contributed by atoms with van der Waals surface area (Å²) in [5.74, 6) is 1.57. The van der Waals surface area contributed by atoms with E-state index < -0.39 is 0 Å². The third-order valence-corrected chi connectivity index (χ3v) is 6.29. The lowest BCUT2D eigenvalue weighted by Crippen LogP contribution is -2.29. The summed E-state index contributed by atoms with van der Waals surface area (Å²) in [6, 6.07) is 14.4. The topological polar surface area (TPSA) is 51.6 Å². The zero-order valence-electron chi connectivity index (χ0n) is 17.3. The highest BCUT2D eigenvalue weighted by Crippen LogP contribution is 2.42. The van der Waals surface area contributed by atoms with Gasteiger partial charge in [0.15, 0.2) is 16.6 Å². The Morgan fingerprint density at radius 3 is 2.73 bits per heavy atom. The highest BCUT2D eigenvalue weighted by atomic mass is 32.1. The molecule has 0 unspecified atom stereocenters. The molecule has 4 heterocycles. The second kappa shape index (κ2) is 7.32. The first-order chi connectivity index (χ1) is 14.6. The van der Waals surface area contributed by atoms with E-state index in [9.17, 15) is 0 Å². The summed E-state index contributed by atoms with van der Waals surface area (Å²) in [4.78, 5) is 6.86. The van der Waals surface area contributed by atoms with E-state index in [4.69, 9.17) is 21.7 Å². The summed E-state index contributed by atoms with van der Waals surface area (Å²) < 4.78 is 13.3. The molecule has 6 nitrogen and oxygen atoms in total. The zero-order valence-corrected chi connectivity index (χ0v) is 18.1. The van der Waals surface area contributed by atoms with Crippen LogP contribution >= 0.6 is 12.2 Å². The fraction of sp³-hybridized carbons (Fsp3) is 0.304. The summed E-state index contributed by atoms with van der Waals surface area (Å²) in [6.07, 6.45) is 1.83. The lowest BCUT2D eigenvalue weighted by atomic mass is 9.97. The summed E-state index contributed by atoms with van der Waals surface area (Å²) in [6.45, 7) is 7.54. The van der Waals surface area contributed by atoms with Gasteiger partial charge in [-0.15, -0.1) is 0 Å². The van der Waals surface area contributed by atoms with E-state index in [0.717, 1.165) is 40.2 Å². The van der Waals surface area contributed by atoms with Crippen molar-refractivity contribution in [3.63, 3.8) is 0 Å². The SMILES string of the molecule is CCN1C(=S)N[C@H](c2ccccn2)[C@H]1c1cc(C)n(-c2ccc3c(c2)OCO3)c1C. The number of benzene rings is 1. The van der Waals surface area contributed by atoms with Crippen molar-refractivity contribution in [3.8, 4) is 17.2 Å². The fourth-order valence-electron chi connectivity index (χ4n) is 4.59. The Bertz CT molecular complexity index is 1110. The van der Waals surface area contributed by atoms with E-state index in [0.29, 0.717) is 0 Å². The first-order valence-corrected chi connectivity index (χ1v) is 10.6. The molecule has 0 amide bonds. The maximum atomic E-state index is 5.67. The van der Waals surface area contributed by atoms with Gasteiger partial charge in [0, 0.05) is 35.9 Å². The van der Waals surface area contributed by atoms with Crippen LogP contribution in [0.4, 0.5) is 0 Å². The van der Waals surface area contributed by atoms with Crippen molar-refractivity contribution in [3.05, 3.63) is 71.3 Å². The maximum absolute atomic E-state index is 5.67. The van der Waals surface area contributed by atoms with Gasteiger partial charge >= 0.3 is 0 Å². The van der Waals surface area contributed by atoms with E-state index in [2.05, 4.69) is 58.7 Å². The molecule has 0 spiro atoms. The number of fused-ring (bicyclic) bond motifs is 1. The molecule has 3 aromatic rings. The number of nitrogens with zero attached hydrogens (tertiary/aromatic N) is 3. The second-order valence-corrected chi connectivity index (χ2v) is 8.00. The number of nitrogens with one attached hydrogen (secondary N) is 1. The summed E-state index contributed by atoms with van der Waals surface area (Å²) in [7, 11) is 0. The number of aromatic nitrogens is 2. The fourth-order valence-corrected chi connectivity index (χ4v) is 4.96. The van der Waals surface area contributed by atoms with Crippen LogP contribution in [-0.4, -0.2) is 32.9 Å². The van der Waals surface area contributed by atoms with Crippen LogP contribution in [0.15, 0.2) is 48.7 Å². The molecule has 0 radical (unpaired) electrons. The molecule has 0 saturated carbocycles. The van der Waals surface area contributed by atoms with Gasteiger partial charge in [0.1, 0.15) is 0 Å². The van der Waals surface area contributed by atoms with Gasteiger partial charge in [-0.1, -0.05) is 6.07 Å². The predicted octanol–water partition coefficient (Wildman–Crippen LogP) is 4.21. The Hall–Kier alpha value is -3.06. The van der Waals surface area contributed by atoms with Gasteiger partial charge in [0.2, 0.25) is 6.79 Å². The Balaban J connectivity index is 1.61. The summed E-state index contributed by atoms with van der Waals surface area (Å²) in [5.41, 5.74) is 5.65. The number of thiocarbonyl (C=S) groups is 1. The minimum Gasteiger partial charge on any atom is -0.454 e. The molecule has 1 N–H and O–H groups in total. The molecule has 2 aromatic heterocycles. The smallest absolute Gasteiger partial charge is 0.231 e. The molecule has 2 atom stereocenters. The van der Waals surface area contributed by atoms with E-state index in [-0.39, 0.29) is 18.9 Å². The number of hydrogen-bond acceptors (Lipinski definition) is 4. The van der Waals surface area contributed by atoms with Crippen LogP contribution in [0.25, 0.3) is 5.69 Å². The van der Waals surface area contributed by atoms with Crippen LogP contribution in [-0.2, 0) is 0 Å².